The van der Waals surface area contributed by atoms with E-state index in [0.29, 0.717) is 10.5 Å². The van der Waals surface area contributed by atoms with Crippen molar-refractivity contribution < 1.29 is 0 Å². The zero-order valence-corrected chi connectivity index (χ0v) is 11.0. The number of nitrogens with zero attached hydrogens (tertiary/aromatic N) is 3. The van der Waals surface area contributed by atoms with Crippen LogP contribution in [0.25, 0.3) is 0 Å². The van der Waals surface area contributed by atoms with E-state index >= 15 is 0 Å². The molecule has 1 aromatic rings. The second-order valence-corrected chi connectivity index (χ2v) is 6.31. The highest BCUT2D eigenvalue weighted by atomic mass is 35.5. The lowest BCUT2D eigenvalue weighted by molar-refractivity contribution is 0.656. The van der Waals surface area contributed by atoms with E-state index in [9.17, 15) is 0 Å². The Balaban J connectivity index is 2.04. The van der Waals surface area contributed by atoms with Crippen LogP contribution in [-0.2, 0) is 13.0 Å². The average molecular weight is 264 g/mol. The predicted molar refractivity (Wildman–Crippen MR) is 68.0 cm³/mol. The topological polar surface area (TPSA) is 30.7 Å². The minimum Gasteiger partial charge on any atom is -0.301 e. The molecule has 0 amide bonds. The second-order valence-electron chi connectivity index (χ2n) is 3.42. The molecule has 0 spiro atoms. The molecule has 1 fully saturated rings. The second kappa shape index (κ2) is 5.46. The van der Waals surface area contributed by atoms with Gasteiger partial charge in [0.05, 0.1) is 0 Å². The van der Waals surface area contributed by atoms with Gasteiger partial charge in [-0.1, -0.05) is 6.92 Å². The first-order valence-corrected chi connectivity index (χ1v) is 7.66. The van der Waals surface area contributed by atoms with Crippen LogP contribution in [0.3, 0.4) is 0 Å². The molecule has 1 aromatic heterocycles. The van der Waals surface area contributed by atoms with Gasteiger partial charge in [0.25, 0.3) is 0 Å². The molecule has 1 unspecified atom stereocenters. The number of aryl methyl sites for hydroxylation is 1. The Labute approximate surface area is 103 Å². The minimum absolute atomic E-state index is 0.531. The molecular formula is C9H14ClN3S2. The van der Waals surface area contributed by atoms with Gasteiger partial charge in [-0.3, -0.25) is 0 Å². The highest BCUT2D eigenvalue weighted by Gasteiger charge is 2.18. The van der Waals surface area contributed by atoms with Crippen molar-refractivity contribution in [3.05, 3.63) is 11.1 Å². The van der Waals surface area contributed by atoms with Gasteiger partial charge < -0.3 is 4.57 Å². The molecule has 1 atom stereocenters. The molecular weight excluding hydrogens is 250 g/mol. The number of halogens is 1. The van der Waals surface area contributed by atoms with Crippen LogP contribution < -0.4 is 0 Å². The van der Waals surface area contributed by atoms with Crippen molar-refractivity contribution in [3.8, 4) is 0 Å². The van der Waals surface area contributed by atoms with E-state index in [2.05, 4.69) is 17.1 Å². The van der Waals surface area contributed by atoms with Gasteiger partial charge in [0, 0.05) is 35.5 Å². The van der Waals surface area contributed by atoms with E-state index in [1.165, 1.54) is 17.3 Å². The third kappa shape index (κ3) is 2.82. The van der Waals surface area contributed by atoms with Gasteiger partial charge in [0.1, 0.15) is 5.82 Å². The maximum absolute atomic E-state index is 6.02. The molecule has 0 radical (unpaired) electrons. The van der Waals surface area contributed by atoms with Crippen molar-refractivity contribution in [1.29, 1.82) is 0 Å². The molecule has 2 rings (SSSR count). The summed E-state index contributed by atoms with van der Waals surface area (Å²) in [5, 5.41) is 9.17. The standard InChI is InChI=1S/C9H14ClN3S2/c1-2-8-11-12-9(10)13(8)5-7-6-14-3-4-15-7/h7H,2-6H2,1H3. The summed E-state index contributed by atoms with van der Waals surface area (Å²) in [7, 11) is 0. The highest BCUT2D eigenvalue weighted by molar-refractivity contribution is 8.06. The summed E-state index contributed by atoms with van der Waals surface area (Å²) < 4.78 is 2.05. The smallest absolute Gasteiger partial charge is 0.225 e. The van der Waals surface area contributed by atoms with Gasteiger partial charge in [0.15, 0.2) is 0 Å². The van der Waals surface area contributed by atoms with E-state index < -0.39 is 0 Å². The fraction of sp³-hybridized carbons (Fsp3) is 0.778. The molecule has 0 saturated carbocycles. The van der Waals surface area contributed by atoms with Gasteiger partial charge in [-0.25, -0.2) is 0 Å². The molecule has 0 aromatic carbocycles. The van der Waals surface area contributed by atoms with Gasteiger partial charge in [-0.05, 0) is 11.6 Å². The van der Waals surface area contributed by atoms with E-state index in [1.54, 1.807) is 0 Å². The molecule has 1 aliphatic rings. The Morgan fingerprint density at radius 3 is 3.00 bits per heavy atom. The van der Waals surface area contributed by atoms with Crippen molar-refractivity contribution in [3.63, 3.8) is 0 Å². The highest BCUT2D eigenvalue weighted by Crippen LogP contribution is 2.26. The average Bonchev–Trinajstić information content (AvgIpc) is 2.62. The van der Waals surface area contributed by atoms with Gasteiger partial charge >= 0.3 is 0 Å². The van der Waals surface area contributed by atoms with Crippen LogP contribution in [0.5, 0.6) is 0 Å². The number of thioether (sulfide) groups is 2. The SMILES string of the molecule is CCc1nnc(Cl)n1CC1CSCCS1. The maximum Gasteiger partial charge on any atom is 0.225 e. The van der Waals surface area contributed by atoms with Crippen molar-refractivity contribution in [1.82, 2.24) is 14.8 Å². The third-order valence-corrected chi connectivity index (χ3v) is 5.48. The van der Waals surface area contributed by atoms with E-state index in [0.717, 1.165) is 18.8 Å². The lowest BCUT2D eigenvalue weighted by Crippen LogP contribution is -2.21. The largest absolute Gasteiger partial charge is 0.301 e. The first-order chi connectivity index (χ1) is 7.31. The van der Waals surface area contributed by atoms with Crippen molar-refractivity contribution in [2.75, 3.05) is 17.3 Å². The quantitative estimate of drug-likeness (QED) is 0.838. The first kappa shape index (κ1) is 11.6. The number of hydrogen-bond donors (Lipinski definition) is 0. The van der Waals surface area contributed by atoms with Crippen LogP contribution in [0, 0.1) is 0 Å². The Kier molecular flexibility index (Phi) is 4.22. The monoisotopic (exact) mass is 263 g/mol. The van der Waals surface area contributed by atoms with E-state index in [-0.39, 0.29) is 0 Å². The third-order valence-electron chi connectivity index (χ3n) is 2.37. The molecule has 0 bridgehead atoms. The molecule has 3 nitrogen and oxygen atoms in total. The van der Waals surface area contributed by atoms with Crippen LogP contribution in [0.15, 0.2) is 0 Å². The molecule has 0 N–H and O–H groups in total. The lowest BCUT2D eigenvalue weighted by Gasteiger charge is -2.21. The zero-order chi connectivity index (χ0) is 10.7. The Morgan fingerprint density at radius 2 is 2.33 bits per heavy atom. The molecule has 6 heteroatoms. The molecule has 1 aliphatic heterocycles. The van der Waals surface area contributed by atoms with E-state index in [1.807, 2.05) is 28.1 Å². The molecule has 15 heavy (non-hydrogen) atoms. The predicted octanol–water partition coefficient (Wildman–Crippen LogP) is 2.34. The fourth-order valence-electron chi connectivity index (χ4n) is 1.60. The lowest BCUT2D eigenvalue weighted by atomic mass is 10.4. The number of aromatic nitrogens is 3. The number of hydrogen-bond acceptors (Lipinski definition) is 4. The summed E-state index contributed by atoms with van der Waals surface area (Å²) in [4.78, 5) is 0. The van der Waals surface area contributed by atoms with Crippen LogP contribution in [0.4, 0.5) is 0 Å². The Morgan fingerprint density at radius 1 is 1.47 bits per heavy atom. The summed E-state index contributed by atoms with van der Waals surface area (Å²) in [5.74, 6) is 4.73. The first-order valence-electron chi connectivity index (χ1n) is 5.08. The molecule has 1 saturated heterocycles. The Bertz CT molecular complexity index is 323. The van der Waals surface area contributed by atoms with Gasteiger partial charge in [-0.2, -0.15) is 23.5 Å². The molecule has 0 aliphatic carbocycles. The van der Waals surface area contributed by atoms with Crippen molar-refractivity contribution >= 4 is 35.1 Å². The van der Waals surface area contributed by atoms with Crippen molar-refractivity contribution in [2.24, 2.45) is 0 Å². The summed E-state index contributed by atoms with van der Waals surface area (Å²) in [5.41, 5.74) is 0. The molecule has 84 valence electrons. The molecule has 2 heterocycles. The fourth-order valence-corrected chi connectivity index (χ4v) is 4.46. The van der Waals surface area contributed by atoms with Gasteiger partial charge in [0.2, 0.25) is 5.28 Å². The summed E-state index contributed by atoms with van der Waals surface area (Å²) in [6, 6.07) is 0. The van der Waals surface area contributed by atoms with Crippen LogP contribution in [0.1, 0.15) is 12.7 Å². The summed E-state index contributed by atoms with van der Waals surface area (Å²) in [6.45, 7) is 3.03. The summed E-state index contributed by atoms with van der Waals surface area (Å²) in [6.07, 6.45) is 0.893. The minimum atomic E-state index is 0.531. The van der Waals surface area contributed by atoms with Gasteiger partial charge in [-0.15, -0.1) is 10.2 Å². The zero-order valence-electron chi connectivity index (χ0n) is 8.65. The number of rotatable bonds is 3. The maximum atomic E-state index is 6.02. The van der Waals surface area contributed by atoms with Crippen molar-refractivity contribution in [2.45, 2.75) is 25.1 Å². The van der Waals surface area contributed by atoms with Crippen LogP contribution in [-0.4, -0.2) is 37.3 Å². The van der Waals surface area contributed by atoms with Crippen LogP contribution in [0.2, 0.25) is 5.28 Å². The van der Waals surface area contributed by atoms with E-state index in [4.69, 9.17) is 11.6 Å². The normalized spacial score (nSPS) is 21.9. The Hall–Kier alpha value is 0.130. The summed E-state index contributed by atoms with van der Waals surface area (Å²) >= 11 is 10.1. The van der Waals surface area contributed by atoms with Crippen LogP contribution >= 0.6 is 35.1 Å².